The maximum absolute atomic E-state index is 2.61. The third-order valence-corrected chi connectivity index (χ3v) is 7.12. The van der Waals surface area contributed by atoms with Crippen LogP contribution in [0.1, 0.15) is 79.1 Å². The molecule has 0 nitrogen and oxygen atoms in total. The molecule has 0 aromatic rings. The molecule has 18 heavy (non-hydrogen) atoms. The molecular formula is C18H32. The summed E-state index contributed by atoms with van der Waals surface area (Å²) in [5, 5.41) is 0. The van der Waals surface area contributed by atoms with Crippen LogP contribution in [0, 0.1) is 34.5 Å². The molecule has 3 fully saturated rings. The number of fused-ring (bicyclic) bond motifs is 1. The first-order chi connectivity index (χ1) is 8.44. The zero-order valence-corrected chi connectivity index (χ0v) is 13.0. The van der Waals surface area contributed by atoms with Crippen LogP contribution in [-0.2, 0) is 0 Å². The fourth-order valence-corrected chi connectivity index (χ4v) is 4.73. The predicted octanol–water partition coefficient (Wildman–Crippen LogP) is 5.67. The van der Waals surface area contributed by atoms with E-state index in [1.54, 1.807) is 25.7 Å². The van der Waals surface area contributed by atoms with Crippen molar-refractivity contribution in [3.63, 3.8) is 0 Å². The Balaban J connectivity index is 1.55. The molecule has 3 rings (SSSR count). The van der Waals surface area contributed by atoms with Gasteiger partial charge in [-0.1, -0.05) is 34.1 Å². The second-order valence-electron chi connectivity index (χ2n) is 8.70. The maximum Gasteiger partial charge on any atom is -0.0300 e. The number of hydrogen-bond acceptors (Lipinski definition) is 0. The monoisotopic (exact) mass is 248 g/mol. The van der Waals surface area contributed by atoms with E-state index in [0.717, 1.165) is 23.7 Å². The minimum absolute atomic E-state index is 0.659. The molecule has 0 bridgehead atoms. The van der Waals surface area contributed by atoms with E-state index in [2.05, 4.69) is 27.7 Å². The van der Waals surface area contributed by atoms with Crippen molar-refractivity contribution in [2.75, 3.05) is 0 Å². The van der Waals surface area contributed by atoms with Crippen LogP contribution in [0.3, 0.4) is 0 Å². The first-order valence-electron chi connectivity index (χ1n) is 8.44. The van der Waals surface area contributed by atoms with Crippen molar-refractivity contribution < 1.29 is 0 Å². The molecule has 0 radical (unpaired) electrons. The van der Waals surface area contributed by atoms with Gasteiger partial charge in [0.1, 0.15) is 0 Å². The van der Waals surface area contributed by atoms with Crippen molar-refractivity contribution in [1.82, 2.24) is 0 Å². The average Bonchev–Trinajstić information content (AvgIpc) is 3.22. The average molecular weight is 248 g/mol. The summed E-state index contributed by atoms with van der Waals surface area (Å²) >= 11 is 0. The summed E-state index contributed by atoms with van der Waals surface area (Å²) < 4.78 is 0. The number of rotatable bonds is 5. The predicted molar refractivity (Wildman–Crippen MR) is 78.5 cm³/mol. The third-order valence-electron chi connectivity index (χ3n) is 7.12. The van der Waals surface area contributed by atoms with Gasteiger partial charge in [-0.2, -0.15) is 0 Å². The van der Waals surface area contributed by atoms with E-state index in [0.29, 0.717) is 10.8 Å². The van der Waals surface area contributed by atoms with E-state index in [-0.39, 0.29) is 0 Å². The Morgan fingerprint density at radius 3 is 2.39 bits per heavy atom. The van der Waals surface area contributed by atoms with Crippen molar-refractivity contribution in [2.24, 2.45) is 34.5 Å². The zero-order valence-electron chi connectivity index (χ0n) is 13.0. The molecule has 3 aliphatic carbocycles. The van der Waals surface area contributed by atoms with E-state index in [4.69, 9.17) is 0 Å². The molecule has 3 aliphatic rings. The lowest BCUT2D eigenvalue weighted by atomic mass is 9.66. The fourth-order valence-electron chi connectivity index (χ4n) is 4.73. The summed E-state index contributed by atoms with van der Waals surface area (Å²) in [7, 11) is 0. The summed E-state index contributed by atoms with van der Waals surface area (Å²) in [6.07, 6.45) is 12.1. The summed E-state index contributed by atoms with van der Waals surface area (Å²) in [6, 6.07) is 0. The molecule has 0 heterocycles. The Kier molecular flexibility index (Phi) is 3.07. The highest BCUT2D eigenvalue weighted by atomic mass is 14.5. The lowest BCUT2D eigenvalue weighted by Gasteiger charge is -2.40. The van der Waals surface area contributed by atoms with Gasteiger partial charge in [-0.15, -0.1) is 0 Å². The quantitative estimate of drug-likeness (QED) is 0.588. The van der Waals surface area contributed by atoms with Crippen LogP contribution in [0.4, 0.5) is 0 Å². The second-order valence-corrected chi connectivity index (χ2v) is 8.70. The Morgan fingerprint density at radius 2 is 1.83 bits per heavy atom. The van der Waals surface area contributed by atoms with Crippen molar-refractivity contribution >= 4 is 0 Å². The minimum atomic E-state index is 0.659. The smallest absolute Gasteiger partial charge is 0.0300 e. The Labute approximate surface area is 114 Å². The molecule has 0 saturated heterocycles. The van der Waals surface area contributed by atoms with Crippen molar-refractivity contribution in [2.45, 2.75) is 79.1 Å². The molecule has 0 amide bonds. The third kappa shape index (κ3) is 2.37. The van der Waals surface area contributed by atoms with Gasteiger partial charge in [-0.05, 0) is 79.4 Å². The highest BCUT2D eigenvalue weighted by Crippen LogP contribution is 2.59. The first-order valence-corrected chi connectivity index (χ1v) is 8.44. The normalized spacial score (nSPS) is 44.0. The van der Waals surface area contributed by atoms with Gasteiger partial charge in [0.25, 0.3) is 0 Å². The zero-order chi connectivity index (χ0) is 13.0. The van der Waals surface area contributed by atoms with Gasteiger partial charge in [0, 0.05) is 0 Å². The van der Waals surface area contributed by atoms with Crippen LogP contribution in [0.15, 0.2) is 0 Å². The van der Waals surface area contributed by atoms with Crippen LogP contribution in [0.2, 0.25) is 0 Å². The molecule has 0 N–H and O–H groups in total. The van der Waals surface area contributed by atoms with Gasteiger partial charge in [0.15, 0.2) is 0 Å². The van der Waals surface area contributed by atoms with Gasteiger partial charge < -0.3 is 0 Å². The molecule has 0 aromatic heterocycles. The van der Waals surface area contributed by atoms with E-state index in [9.17, 15) is 0 Å². The van der Waals surface area contributed by atoms with Crippen molar-refractivity contribution in [3.05, 3.63) is 0 Å². The largest absolute Gasteiger partial charge is 0.0649 e. The lowest BCUT2D eigenvalue weighted by Crippen LogP contribution is -2.29. The maximum atomic E-state index is 2.61. The second kappa shape index (κ2) is 4.25. The molecule has 0 aliphatic heterocycles. The Hall–Kier alpha value is 0. The van der Waals surface area contributed by atoms with Crippen LogP contribution in [0.25, 0.3) is 0 Å². The molecule has 0 aromatic carbocycles. The lowest BCUT2D eigenvalue weighted by molar-refractivity contribution is 0.108. The van der Waals surface area contributed by atoms with Crippen LogP contribution in [0.5, 0.6) is 0 Å². The molecule has 104 valence electrons. The van der Waals surface area contributed by atoms with Gasteiger partial charge in [0.05, 0.1) is 0 Å². The van der Waals surface area contributed by atoms with Gasteiger partial charge in [-0.3, -0.25) is 0 Å². The molecular weight excluding hydrogens is 216 g/mol. The fraction of sp³-hybridized carbons (Fsp3) is 1.00. The van der Waals surface area contributed by atoms with Crippen molar-refractivity contribution in [1.29, 1.82) is 0 Å². The highest BCUT2D eigenvalue weighted by molar-refractivity contribution is 4.99. The van der Waals surface area contributed by atoms with Crippen LogP contribution in [-0.4, -0.2) is 0 Å². The molecule has 0 heteroatoms. The molecule has 5 atom stereocenters. The van der Waals surface area contributed by atoms with Crippen LogP contribution < -0.4 is 0 Å². The van der Waals surface area contributed by atoms with E-state index < -0.39 is 0 Å². The molecule has 0 spiro atoms. The minimum Gasteiger partial charge on any atom is -0.0649 e. The van der Waals surface area contributed by atoms with E-state index in [1.165, 1.54) is 25.7 Å². The Morgan fingerprint density at radius 1 is 1.11 bits per heavy atom. The highest BCUT2D eigenvalue weighted by Gasteiger charge is 2.49. The summed E-state index contributed by atoms with van der Waals surface area (Å²) in [5.41, 5.74) is 1.34. The topological polar surface area (TPSA) is 0 Å². The Bertz CT molecular complexity index is 316. The van der Waals surface area contributed by atoms with Crippen molar-refractivity contribution in [3.8, 4) is 0 Å². The van der Waals surface area contributed by atoms with Gasteiger partial charge in [-0.25, -0.2) is 0 Å². The first kappa shape index (κ1) is 13.0. The van der Waals surface area contributed by atoms with Gasteiger partial charge >= 0.3 is 0 Å². The van der Waals surface area contributed by atoms with Crippen LogP contribution >= 0.6 is 0 Å². The van der Waals surface area contributed by atoms with Gasteiger partial charge in [0.2, 0.25) is 0 Å². The summed E-state index contributed by atoms with van der Waals surface area (Å²) in [5.74, 6) is 4.39. The summed E-state index contributed by atoms with van der Waals surface area (Å²) in [4.78, 5) is 0. The van der Waals surface area contributed by atoms with E-state index in [1.807, 2.05) is 0 Å². The SMILES string of the molecule is CCC(C)(CCC1CC1(C)C)C1CCC2CC2C1. The molecule has 3 saturated carbocycles. The number of hydrogen-bond donors (Lipinski definition) is 0. The standard InChI is InChI=1S/C18H32/c1-5-18(4,9-8-16-12-17(16,2)3)15-7-6-13-10-14(13)11-15/h13-16H,5-12H2,1-4H3. The summed E-state index contributed by atoms with van der Waals surface area (Å²) in [6.45, 7) is 9.96. The van der Waals surface area contributed by atoms with E-state index >= 15 is 0 Å². The molecule has 5 unspecified atom stereocenters.